The summed E-state index contributed by atoms with van der Waals surface area (Å²) in [4.78, 5) is 47.8. The Morgan fingerprint density at radius 3 is 2.59 bits per heavy atom. The van der Waals surface area contributed by atoms with Gasteiger partial charge in [-0.25, -0.2) is 15.0 Å². The van der Waals surface area contributed by atoms with E-state index in [4.69, 9.17) is 9.47 Å². The summed E-state index contributed by atoms with van der Waals surface area (Å²) in [7, 11) is 0. The lowest BCUT2D eigenvalue weighted by atomic mass is 10.1. The van der Waals surface area contributed by atoms with Gasteiger partial charge in [-0.3, -0.25) is 14.2 Å². The zero-order valence-corrected chi connectivity index (χ0v) is 18.2. The number of imidazole rings is 1. The molecule has 1 aliphatic rings. The molecular weight excluding hydrogens is 446 g/mol. The second-order valence-corrected chi connectivity index (χ2v) is 7.80. The average Bonchev–Trinajstić information content (AvgIpc) is 3.38. The maximum atomic E-state index is 12.5. The van der Waals surface area contributed by atoms with Crippen LogP contribution in [0.5, 0.6) is 0 Å². The van der Waals surface area contributed by atoms with E-state index in [1.807, 2.05) is 0 Å². The number of hydrogen-bond donors (Lipinski definition) is 3. The van der Waals surface area contributed by atoms with Crippen molar-refractivity contribution in [1.29, 1.82) is 0 Å². The maximum absolute atomic E-state index is 12.5. The lowest BCUT2D eigenvalue weighted by Crippen LogP contribution is -2.34. The van der Waals surface area contributed by atoms with Crippen molar-refractivity contribution in [3.8, 4) is 0 Å². The van der Waals surface area contributed by atoms with Crippen LogP contribution in [0, 0.1) is 0 Å². The van der Waals surface area contributed by atoms with Crippen LogP contribution in [0.15, 0.2) is 43.0 Å². The van der Waals surface area contributed by atoms with Gasteiger partial charge < -0.3 is 29.8 Å². The van der Waals surface area contributed by atoms with Crippen LogP contribution in [0.25, 0.3) is 11.2 Å². The number of esters is 1. The zero-order chi connectivity index (χ0) is 24.2. The summed E-state index contributed by atoms with van der Waals surface area (Å²) in [5.41, 5.74) is 0.956. The topological polar surface area (TPSA) is 166 Å². The number of ketones is 1. The maximum Gasteiger partial charge on any atom is 0.306 e. The summed E-state index contributed by atoms with van der Waals surface area (Å²) in [5, 5.41) is 23.6. The van der Waals surface area contributed by atoms with Crippen molar-refractivity contribution in [3.63, 3.8) is 0 Å². The third-order valence-corrected chi connectivity index (χ3v) is 5.33. The standard InChI is InChI=1S/C22H23N5O7/c1-12(28)7-8-15(29)33-9-14-17(30)18(31)22(34-14)27-11-25-16-19(23-10-24-20(16)27)26-21(32)13-5-3-2-4-6-13/h2-6,10-11,14,17-18,22,30-31H,7-9H2,1H3,(H,23,24,26,32)/t14-,17-,18-,22-/m0/s1. The van der Waals surface area contributed by atoms with E-state index in [1.54, 1.807) is 30.3 Å². The third kappa shape index (κ3) is 4.93. The van der Waals surface area contributed by atoms with Crippen molar-refractivity contribution in [2.45, 2.75) is 44.3 Å². The summed E-state index contributed by atoms with van der Waals surface area (Å²) in [6.07, 6.45) is -2.23. The van der Waals surface area contributed by atoms with Crippen LogP contribution in [0.4, 0.5) is 5.82 Å². The second kappa shape index (κ2) is 10.0. The first kappa shape index (κ1) is 23.4. The number of aliphatic hydroxyl groups is 2. The molecule has 0 radical (unpaired) electrons. The van der Waals surface area contributed by atoms with Gasteiger partial charge in [-0.05, 0) is 19.1 Å². The van der Waals surface area contributed by atoms with E-state index in [9.17, 15) is 24.6 Å². The number of carbonyl (C=O) groups excluding carboxylic acids is 3. The summed E-state index contributed by atoms with van der Waals surface area (Å²) in [6.45, 7) is 1.07. The molecule has 3 N–H and O–H groups in total. The fourth-order valence-electron chi connectivity index (χ4n) is 3.52. The number of rotatable bonds is 8. The first-order valence-corrected chi connectivity index (χ1v) is 10.6. The molecule has 12 heteroatoms. The predicted octanol–water partition coefficient (Wildman–Crippen LogP) is 0.610. The van der Waals surface area contributed by atoms with Crippen molar-refractivity contribution in [1.82, 2.24) is 19.5 Å². The van der Waals surface area contributed by atoms with Crippen molar-refractivity contribution < 1.29 is 34.1 Å². The number of hydrogen-bond acceptors (Lipinski definition) is 10. The van der Waals surface area contributed by atoms with Crippen LogP contribution in [0.2, 0.25) is 0 Å². The highest BCUT2D eigenvalue weighted by Crippen LogP contribution is 2.32. The Kier molecular flexibility index (Phi) is 6.91. The smallest absolute Gasteiger partial charge is 0.306 e. The summed E-state index contributed by atoms with van der Waals surface area (Å²) >= 11 is 0. The van der Waals surface area contributed by atoms with Gasteiger partial charge in [0, 0.05) is 12.0 Å². The number of aromatic nitrogens is 4. The van der Waals surface area contributed by atoms with Gasteiger partial charge in [0.15, 0.2) is 23.2 Å². The number of benzene rings is 1. The second-order valence-electron chi connectivity index (χ2n) is 7.80. The van der Waals surface area contributed by atoms with Crippen LogP contribution in [0.3, 0.4) is 0 Å². The van der Waals surface area contributed by atoms with Crippen LogP contribution >= 0.6 is 0 Å². The van der Waals surface area contributed by atoms with E-state index >= 15 is 0 Å². The van der Waals surface area contributed by atoms with Crippen LogP contribution < -0.4 is 5.32 Å². The minimum absolute atomic E-state index is 0.0576. The number of amides is 1. The van der Waals surface area contributed by atoms with E-state index in [2.05, 4.69) is 20.3 Å². The fourth-order valence-corrected chi connectivity index (χ4v) is 3.52. The van der Waals surface area contributed by atoms with Crippen molar-refractivity contribution in [2.24, 2.45) is 0 Å². The number of nitrogens with one attached hydrogen (secondary N) is 1. The number of nitrogens with zero attached hydrogens (tertiary/aromatic N) is 4. The molecule has 12 nitrogen and oxygen atoms in total. The van der Waals surface area contributed by atoms with Crippen molar-refractivity contribution in [2.75, 3.05) is 11.9 Å². The Labute approximate surface area is 193 Å². The highest BCUT2D eigenvalue weighted by molar-refractivity contribution is 6.06. The molecule has 3 heterocycles. The molecule has 1 saturated heterocycles. The highest BCUT2D eigenvalue weighted by atomic mass is 16.6. The molecule has 2 aromatic heterocycles. The number of Topliss-reactive ketones (excluding diaryl/α,β-unsaturated/α-hetero) is 1. The van der Waals surface area contributed by atoms with E-state index in [1.165, 1.54) is 24.1 Å². The molecule has 1 aliphatic heterocycles. The summed E-state index contributed by atoms with van der Waals surface area (Å²) in [5.74, 6) is -0.961. The van der Waals surface area contributed by atoms with Gasteiger partial charge in [0.2, 0.25) is 0 Å². The number of fused-ring (bicyclic) bond motifs is 1. The molecule has 1 aromatic carbocycles. The first-order chi connectivity index (χ1) is 16.3. The Morgan fingerprint density at radius 1 is 1.09 bits per heavy atom. The Morgan fingerprint density at radius 2 is 1.85 bits per heavy atom. The van der Waals surface area contributed by atoms with Gasteiger partial charge in [0.25, 0.3) is 5.91 Å². The number of anilines is 1. The van der Waals surface area contributed by atoms with Gasteiger partial charge in [0.1, 0.15) is 37.0 Å². The molecule has 0 unspecified atom stereocenters. The first-order valence-electron chi connectivity index (χ1n) is 10.6. The highest BCUT2D eigenvalue weighted by Gasteiger charge is 2.45. The van der Waals surface area contributed by atoms with Crippen LogP contribution in [-0.2, 0) is 19.1 Å². The average molecular weight is 469 g/mol. The molecule has 1 fully saturated rings. The largest absolute Gasteiger partial charge is 0.463 e. The molecule has 4 rings (SSSR count). The third-order valence-electron chi connectivity index (χ3n) is 5.33. The molecular formula is C22H23N5O7. The van der Waals surface area contributed by atoms with Gasteiger partial charge in [-0.15, -0.1) is 0 Å². The minimum atomic E-state index is -1.37. The fraction of sp³-hybridized carbons (Fsp3) is 0.364. The van der Waals surface area contributed by atoms with E-state index < -0.39 is 30.5 Å². The molecule has 0 bridgehead atoms. The molecule has 34 heavy (non-hydrogen) atoms. The van der Waals surface area contributed by atoms with Gasteiger partial charge >= 0.3 is 5.97 Å². The lowest BCUT2D eigenvalue weighted by Gasteiger charge is -2.16. The van der Waals surface area contributed by atoms with Crippen molar-refractivity contribution >= 4 is 34.6 Å². The van der Waals surface area contributed by atoms with Crippen molar-refractivity contribution in [3.05, 3.63) is 48.5 Å². The molecule has 1 amide bonds. The Hall–Kier alpha value is -3.74. The van der Waals surface area contributed by atoms with Crippen LogP contribution in [-0.4, -0.2) is 72.3 Å². The normalized spacial score (nSPS) is 22.0. The monoisotopic (exact) mass is 469 g/mol. The van der Waals surface area contributed by atoms with E-state index in [0.29, 0.717) is 5.56 Å². The molecule has 0 spiro atoms. The Bertz CT molecular complexity index is 1200. The Balaban J connectivity index is 1.48. The molecule has 4 atom stereocenters. The van der Waals surface area contributed by atoms with E-state index in [-0.39, 0.29) is 48.1 Å². The summed E-state index contributed by atoms with van der Waals surface area (Å²) < 4.78 is 12.2. The van der Waals surface area contributed by atoms with Gasteiger partial charge in [-0.1, -0.05) is 18.2 Å². The van der Waals surface area contributed by atoms with Crippen LogP contribution in [0.1, 0.15) is 36.4 Å². The van der Waals surface area contributed by atoms with Gasteiger partial charge in [-0.2, -0.15) is 0 Å². The van der Waals surface area contributed by atoms with Gasteiger partial charge in [0.05, 0.1) is 12.7 Å². The molecule has 0 aliphatic carbocycles. The zero-order valence-electron chi connectivity index (χ0n) is 18.2. The number of carbonyl (C=O) groups is 3. The number of aliphatic hydroxyl groups excluding tert-OH is 2. The SMILES string of the molecule is CC(=O)CCC(=O)OC[C@@H]1O[C@H](n2cnc3c(NC(=O)c4ccccc4)ncnc32)[C@@H](O)[C@H]1O. The molecule has 178 valence electrons. The molecule has 0 saturated carbocycles. The number of ether oxygens (including phenoxy) is 2. The summed E-state index contributed by atoms with van der Waals surface area (Å²) in [6, 6.07) is 8.58. The lowest BCUT2D eigenvalue weighted by molar-refractivity contribution is -0.150. The molecule has 3 aromatic rings. The minimum Gasteiger partial charge on any atom is -0.463 e. The quantitative estimate of drug-likeness (QED) is 0.398. The van der Waals surface area contributed by atoms with E-state index in [0.717, 1.165) is 0 Å². The predicted molar refractivity (Wildman–Crippen MR) is 117 cm³/mol.